The van der Waals surface area contributed by atoms with Crippen molar-refractivity contribution in [1.82, 2.24) is 15.5 Å². The third kappa shape index (κ3) is 4.66. The van der Waals surface area contributed by atoms with Crippen molar-refractivity contribution in [2.75, 3.05) is 13.2 Å². The van der Waals surface area contributed by atoms with Crippen LogP contribution in [-0.2, 0) is 11.3 Å². The van der Waals surface area contributed by atoms with E-state index in [4.69, 9.17) is 9.26 Å². The third-order valence-corrected chi connectivity index (χ3v) is 2.26. The summed E-state index contributed by atoms with van der Waals surface area (Å²) in [7, 11) is 0. The largest absolute Gasteiger partial charge is 0.370 e. The van der Waals surface area contributed by atoms with Gasteiger partial charge in [0.05, 0.1) is 6.54 Å². The molecule has 1 aromatic rings. The third-order valence-electron chi connectivity index (χ3n) is 2.26. The van der Waals surface area contributed by atoms with Crippen molar-refractivity contribution in [1.29, 1.82) is 0 Å². The Kier molecular flexibility index (Phi) is 6.50. The van der Waals surface area contributed by atoms with Gasteiger partial charge >= 0.3 is 0 Å². The maximum Gasteiger partial charge on any atom is 0.240 e. The lowest BCUT2D eigenvalue weighted by Crippen LogP contribution is -2.13. The summed E-state index contributed by atoms with van der Waals surface area (Å²) in [5, 5.41) is 7.07. The first-order valence-electron chi connectivity index (χ1n) is 6.07. The Hall–Kier alpha value is -1.20. The van der Waals surface area contributed by atoms with E-state index < -0.39 is 0 Å². The highest BCUT2D eigenvalue weighted by Crippen LogP contribution is 2.19. The Morgan fingerprint density at radius 3 is 3.00 bits per heavy atom. The molecule has 0 spiro atoms. The van der Waals surface area contributed by atoms with Crippen LogP contribution in [0.1, 0.15) is 44.5 Å². The molecule has 96 valence electrons. The van der Waals surface area contributed by atoms with Crippen LogP contribution in [0.15, 0.2) is 17.2 Å². The summed E-state index contributed by atoms with van der Waals surface area (Å²) in [4.78, 5) is 4.32. The van der Waals surface area contributed by atoms with Crippen LogP contribution in [0.3, 0.4) is 0 Å². The van der Waals surface area contributed by atoms with Crippen LogP contribution in [0.2, 0.25) is 0 Å². The Bertz CT molecular complexity index is 319. The van der Waals surface area contributed by atoms with Gasteiger partial charge in [0.2, 0.25) is 11.7 Å². The minimum Gasteiger partial charge on any atom is -0.370 e. The second kappa shape index (κ2) is 7.97. The monoisotopic (exact) mass is 239 g/mol. The molecule has 0 amide bonds. The van der Waals surface area contributed by atoms with Gasteiger partial charge in [-0.2, -0.15) is 4.98 Å². The normalized spacial score (nSPS) is 12.6. The van der Waals surface area contributed by atoms with Crippen LogP contribution in [0.5, 0.6) is 0 Å². The minimum absolute atomic E-state index is 0.0538. The first-order valence-corrected chi connectivity index (χ1v) is 6.07. The van der Waals surface area contributed by atoms with Crippen LogP contribution < -0.4 is 5.32 Å². The second-order valence-electron chi connectivity index (χ2n) is 3.70. The summed E-state index contributed by atoms with van der Waals surface area (Å²) in [6.07, 6.45) is 3.68. The van der Waals surface area contributed by atoms with E-state index in [0.29, 0.717) is 24.9 Å². The molecule has 0 bridgehead atoms. The molecule has 1 unspecified atom stereocenters. The number of rotatable bonds is 9. The van der Waals surface area contributed by atoms with Crippen LogP contribution in [0.25, 0.3) is 0 Å². The van der Waals surface area contributed by atoms with E-state index >= 15 is 0 Å². The quantitative estimate of drug-likeness (QED) is 0.529. The summed E-state index contributed by atoms with van der Waals surface area (Å²) in [5.41, 5.74) is 0. The highest BCUT2D eigenvalue weighted by atomic mass is 16.5. The van der Waals surface area contributed by atoms with Gasteiger partial charge < -0.3 is 14.6 Å². The molecule has 0 fully saturated rings. The lowest BCUT2D eigenvalue weighted by atomic mass is 10.2. The molecular formula is C12H21N3O2. The van der Waals surface area contributed by atoms with Crippen molar-refractivity contribution >= 4 is 0 Å². The summed E-state index contributed by atoms with van der Waals surface area (Å²) in [6.45, 7) is 9.64. The lowest BCUT2D eigenvalue weighted by Gasteiger charge is -2.11. The molecule has 1 heterocycles. The number of aromatic nitrogens is 2. The molecule has 1 rings (SSSR count). The topological polar surface area (TPSA) is 60.2 Å². The number of nitrogens with zero attached hydrogens (tertiary/aromatic N) is 2. The predicted molar refractivity (Wildman–Crippen MR) is 65.5 cm³/mol. The molecule has 1 N–H and O–H groups in total. The Morgan fingerprint density at radius 2 is 2.35 bits per heavy atom. The number of hydrogen-bond donors (Lipinski definition) is 1. The predicted octanol–water partition coefficient (Wildman–Crippen LogP) is 2.22. The second-order valence-corrected chi connectivity index (χ2v) is 3.70. The van der Waals surface area contributed by atoms with Gasteiger partial charge in [0, 0.05) is 13.2 Å². The molecule has 1 atom stereocenters. The summed E-state index contributed by atoms with van der Waals surface area (Å²) >= 11 is 0. The fourth-order valence-electron chi connectivity index (χ4n) is 1.50. The fourth-order valence-corrected chi connectivity index (χ4v) is 1.50. The molecule has 5 heteroatoms. The van der Waals surface area contributed by atoms with Crippen molar-refractivity contribution in [2.24, 2.45) is 0 Å². The van der Waals surface area contributed by atoms with Gasteiger partial charge in [-0.25, -0.2) is 0 Å². The maximum atomic E-state index is 5.59. The molecule has 1 aromatic heterocycles. The fraction of sp³-hybridized carbons (Fsp3) is 0.667. The zero-order chi connectivity index (χ0) is 12.5. The zero-order valence-corrected chi connectivity index (χ0v) is 10.6. The molecule has 0 radical (unpaired) electrons. The molecule has 0 aliphatic heterocycles. The number of hydrogen-bond acceptors (Lipinski definition) is 5. The van der Waals surface area contributed by atoms with E-state index in [2.05, 4.69) is 29.0 Å². The Labute approximate surface area is 102 Å². The van der Waals surface area contributed by atoms with Crippen LogP contribution in [0, 0.1) is 0 Å². The van der Waals surface area contributed by atoms with Gasteiger partial charge in [-0.05, 0) is 13.3 Å². The first kappa shape index (κ1) is 13.9. The van der Waals surface area contributed by atoms with E-state index in [0.717, 1.165) is 19.4 Å². The van der Waals surface area contributed by atoms with Gasteiger partial charge in [-0.1, -0.05) is 24.6 Å². The van der Waals surface area contributed by atoms with Crippen molar-refractivity contribution < 1.29 is 9.26 Å². The van der Waals surface area contributed by atoms with E-state index in [-0.39, 0.29) is 6.10 Å². The maximum absolute atomic E-state index is 5.59. The van der Waals surface area contributed by atoms with E-state index in [1.165, 1.54) is 0 Å². The van der Waals surface area contributed by atoms with E-state index in [1.54, 1.807) is 6.08 Å². The van der Waals surface area contributed by atoms with Gasteiger partial charge in [0.25, 0.3) is 0 Å². The standard InChI is InChI=1S/C12H21N3O2/c1-4-7-10(16-6-3)12-14-11(17-15-12)9-13-8-5-2/h5,10,13H,2,4,6-9H2,1,3H3. The Morgan fingerprint density at radius 1 is 1.53 bits per heavy atom. The molecule has 0 aliphatic rings. The first-order chi connectivity index (χ1) is 8.31. The minimum atomic E-state index is -0.0538. The number of nitrogens with one attached hydrogen (secondary N) is 1. The summed E-state index contributed by atoms with van der Waals surface area (Å²) < 4.78 is 10.7. The van der Waals surface area contributed by atoms with Gasteiger partial charge in [0.15, 0.2) is 0 Å². The van der Waals surface area contributed by atoms with Gasteiger partial charge in [-0.15, -0.1) is 6.58 Å². The van der Waals surface area contributed by atoms with Crippen molar-refractivity contribution in [3.63, 3.8) is 0 Å². The van der Waals surface area contributed by atoms with Gasteiger partial charge in [-0.3, -0.25) is 0 Å². The summed E-state index contributed by atoms with van der Waals surface area (Å²) in [5.74, 6) is 1.23. The zero-order valence-electron chi connectivity index (χ0n) is 10.6. The average molecular weight is 239 g/mol. The lowest BCUT2D eigenvalue weighted by molar-refractivity contribution is 0.0477. The molecular weight excluding hydrogens is 218 g/mol. The molecule has 0 saturated carbocycles. The van der Waals surface area contributed by atoms with Crippen molar-refractivity contribution in [3.05, 3.63) is 24.4 Å². The highest BCUT2D eigenvalue weighted by molar-refractivity contribution is 4.91. The van der Waals surface area contributed by atoms with Crippen LogP contribution in [0.4, 0.5) is 0 Å². The van der Waals surface area contributed by atoms with Gasteiger partial charge in [0.1, 0.15) is 6.10 Å². The van der Waals surface area contributed by atoms with E-state index in [1.807, 2.05) is 6.92 Å². The SMILES string of the molecule is C=CCNCc1nc(C(CCC)OCC)no1. The summed E-state index contributed by atoms with van der Waals surface area (Å²) in [6, 6.07) is 0. The van der Waals surface area contributed by atoms with Crippen LogP contribution >= 0.6 is 0 Å². The average Bonchev–Trinajstić information content (AvgIpc) is 2.78. The highest BCUT2D eigenvalue weighted by Gasteiger charge is 2.17. The molecule has 17 heavy (non-hydrogen) atoms. The smallest absolute Gasteiger partial charge is 0.240 e. The Balaban J connectivity index is 2.54. The molecule has 0 aliphatic carbocycles. The number of ether oxygens (including phenoxy) is 1. The molecule has 0 saturated heterocycles. The molecule has 0 aromatic carbocycles. The van der Waals surface area contributed by atoms with E-state index in [9.17, 15) is 0 Å². The van der Waals surface area contributed by atoms with Crippen molar-refractivity contribution in [2.45, 2.75) is 39.3 Å². The molecule has 5 nitrogen and oxygen atoms in total. The van der Waals surface area contributed by atoms with Crippen LogP contribution in [-0.4, -0.2) is 23.3 Å². The van der Waals surface area contributed by atoms with Crippen molar-refractivity contribution in [3.8, 4) is 0 Å².